The first kappa shape index (κ1) is 10.4. The summed E-state index contributed by atoms with van der Waals surface area (Å²) in [5, 5.41) is 4.85. The Kier molecular flexibility index (Phi) is 2.33. The van der Waals surface area contributed by atoms with Crippen molar-refractivity contribution in [2.45, 2.75) is 25.3 Å². The Bertz CT molecular complexity index is 524. The molecule has 16 heavy (non-hydrogen) atoms. The van der Waals surface area contributed by atoms with Crippen molar-refractivity contribution < 1.29 is 0 Å². The van der Waals surface area contributed by atoms with Gasteiger partial charge in [-0.05, 0) is 53.9 Å². The van der Waals surface area contributed by atoms with Crippen LogP contribution in [0.5, 0.6) is 0 Å². The zero-order chi connectivity index (χ0) is 11.2. The summed E-state index contributed by atoms with van der Waals surface area (Å²) in [6.45, 7) is 3.42. The first-order valence-electron chi connectivity index (χ1n) is 5.71. The summed E-state index contributed by atoms with van der Waals surface area (Å²) in [5.74, 6) is 0. The van der Waals surface area contributed by atoms with Gasteiger partial charge in [-0.3, -0.25) is 0 Å². The number of nitrogens with one attached hydrogen (secondary N) is 2. The topological polar surface area (TPSA) is 27.8 Å². The fraction of sp³-hybridized carbons (Fsp3) is 0.385. The predicted octanol–water partition coefficient (Wildman–Crippen LogP) is 3.53. The lowest BCUT2D eigenvalue weighted by Gasteiger charge is -2.25. The van der Waals surface area contributed by atoms with Crippen molar-refractivity contribution in [1.29, 1.82) is 0 Å². The fourth-order valence-electron chi connectivity index (χ4n) is 2.58. The molecule has 0 saturated carbocycles. The smallest absolute Gasteiger partial charge is 0.0469 e. The molecule has 0 spiro atoms. The van der Waals surface area contributed by atoms with Crippen LogP contribution in [0.15, 0.2) is 28.9 Å². The lowest BCUT2D eigenvalue weighted by molar-refractivity contribution is 0.435. The van der Waals surface area contributed by atoms with Gasteiger partial charge < -0.3 is 10.3 Å². The highest BCUT2D eigenvalue weighted by atomic mass is 79.9. The van der Waals surface area contributed by atoms with E-state index in [0.29, 0.717) is 0 Å². The number of rotatable bonds is 1. The first-order valence-corrected chi connectivity index (χ1v) is 6.50. The quantitative estimate of drug-likeness (QED) is 0.821. The Morgan fingerprint density at radius 2 is 2.25 bits per heavy atom. The Morgan fingerprint density at radius 3 is 3.00 bits per heavy atom. The molecule has 1 unspecified atom stereocenters. The zero-order valence-corrected chi connectivity index (χ0v) is 10.9. The zero-order valence-electron chi connectivity index (χ0n) is 9.31. The number of benzene rings is 1. The molecule has 2 N–H and O–H groups in total. The van der Waals surface area contributed by atoms with Crippen LogP contribution in [0.2, 0.25) is 0 Å². The van der Waals surface area contributed by atoms with Crippen molar-refractivity contribution in [1.82, 2.24) is 10.3 Å². The fourth-order valence-corrected chi connectivity index (χ4v) is 3.04. The lowest BCUT2D eigenvalue weighted by Crippen LogP contribution is -2.32. The van der Waals surface area contributed by atoms with Crippen LogP contribution in [0.4, 0.5) is 0 Å². The second-order valence-corrected chi connectivity index (χ2v) is 5.61. The number of halogens is 1. The molecule has 1 aliphatic rings. The van der Waals surface area contributed by atoms with Gasteiger partial charge in [0.05, 0.1) is 0 Å². The Morgan fingerprint density at radius 1 is 1.38 bits per heavy atom. The molecule has 1 fully saturated rings. The highest BCUT2D eigenvalue weighted by Gasteiger charge is 2.29. The molecule has 2 aromatic rings. The summed E-state index contributed by atoms with van der Waals surface area (Å²) >= 11 is 3.54. The van der Waals surface area contributed by atoms with E-state index in [2.05, 4.69) is 51.4 Å². The lowest BCUT2D eigenvalue weighted by atomic mass is 9.90. The summed E-state index contributed by atoms with van der Waals surface area (Å²) in [6, 6.07) is 6.69. The highest BCUT2D eigenvalue weighted by molar-refractivity contribution is 9.10. The minimum atomic E-state index is 0.159. The van der Waals surface area contributed by atoms with Crippen LogP contribution in [0, 0.1) is 0 Å². The van der Waals surface area contributed by atoms with Gasteiger partial charge in [-0.25, -0.2) is 0 Å². The molecule has 1 aromatic heterocycles. The molecule has 0 aliphatic carbocycles. The van der Waals surface area contributed by atoms with E-state index in [0.717, 1.165) is 11.0 Å². The highest BCUT2D eigenvalue weighted by Crippen LogP contribution is 2.33. The predicted molar refractivity (Wildman–Crippen MR) is 70.6 cm³/mol. The molecular formula is C13H15BrN2. The summed E-state index contributed by atoms with van der Waals surface area (Å²) in [6.07, 6.45) is 4.49. The third kappa shape index (κ3) is 1.50. The van der Waals surface area contributed by atoms with E-state index in [1.807, 2.05) is 6.20 Å². The molecule has 3 heteroatoms. The van der Waals surface area contributed by atoms with Gasteiger partial charge in [-0.2, -0.15) is 0 Å². The van der Waals surface area contributed by atoms with E-state index in [9.17, 15) is 0 Å². The molecular weight excluding hydrogens is 264 g/mol. The van der Waals surface area contributed by atoms with Crippen molar-refractivity contribution in [3.63, 3.8) is 0 Å². The maximum atomic E-state index is 3.60. The molecule has 0 amide bonds. The summed E-state index contributed by atoms with van der Waals surface area (Å²) < 4.78 is 1.14. The van der Waals surface area contributed by atoms with Crippen molar-refractivity contribution in [2.24, 2.45) is 0 Å². The number of aromatic nitrogens is 1. The van der Waals surface area contributed by atoms with Crippen LogP contribution in [-0.2, 0) is 5.54 Å². The van der Waals surface area contributed by atoms with Gasteiger partial charge >= 0.3 is 0 Å². The number of hydrogen-bond acceptors (Lipinski definition) is 1. The Labute approximate surface area is 104 Å². The van der Waals surface area contributed by atoms with Crippen molar-refractivity contribution >= 4 is 26.8 Å². The van der Waals surface area contributed by atoms with Crippen LogP contribution in [-0.4, -0.2) is 11.5 Å². The number of fused-ring (bicyclic) bond motifs is 1. The Hall–Kier alpha value is -0.800. The molecule has 84 valence electrons. The van der Waals surface area contributed by atoms with E-state index >= 15 is 0 Å². The summed E-state index contributed by atoms with van der Waals surface area (Å²) in [4.78, 5) is 3.29. The van der Waals surface area contributed by atoms with Gasteiger partial charge in [-0.15, -0.1) is 0 Å². The van der Waals surface area contributed by atoms with E-state index in [1.165, 1.54) is 29.3 Å². The average Bonchev–Trinajstić information content (AvgIpc) is 2.87. The second kappa shape index (κ2) is 3.60. The maximum absolute atomic E-state index is 3.60. The normalized spacial score (nSPS) is 25.4. The minimum Gasteiger partial charge on any atom is -0.360 e. The molecule has 1 aromatic carbocycles. The van der Waals surface area contributed by atoms with E-state index in [1.54, 1.807) is 0 Å². The van der Waals surface area contributed by atoms with Gasteiger partial charge in [-0.1, -0.05) is 12.1 Å². The minimum absolute atomic E-state index is 0.159. The van der Waals surface area contributed by atoms with Crippen molar-refractivity contribution in [2.75, 3.05) is 6.54 Å². The molecule has 0 radical (unpaired) electrons. The van der Waals surface area contributed by atoms with Gasteiger partial charge in [0.25, 0.3) is 0 Å². The van der Waals surface area contributed by atoms with Crippen LogP contribution in [0.1, 0.15) is 25.3 Å². The van der Waals surface area contributed by atoms with Gasteiger partial charge in [0.1, 0.15) is 0 Å². The monoisotopic (exact) mass is 278 g/mol. The largest absolute Gasteiger partial charge is 0.360 e. The summed E-state index contributed by atoms with van der Waals surface area (Å²) in [7, 11) is 0. The molecule has 1 saturated heterocycles. The average molecular weight is 279 g/mol. The van der Waals surface area contributed by atoms with Crippen LogP contribution in [0.25, 0.3) is 10.9 Å². The van der Waals surface area contributed by atoms with Crippen LogP contribution >= 0.6 is 15.9 Å². The maximum Gasteiger partial charge on any atom is 0.0469 e. The van der Waals surface area contributed by atoms with Gasteiger partial charge in [0.2, 0.25) is 0 Å². The van der Waals surface area contributed by atoms with Gasteiger partial charge in [0.15, 0.2) is 0 Å². The first-order chi connectivity index (χ1) is 7.69. The molecule has 0 bridgehead atoms. The molecule has 2 nitrogen and oxygen atoms in total. The summed E-state index contributed by atoms with van der Waals surface area (Å²) in [5.41, 5.74) is 2.75. The number of aromatic amines is 1. The SMILES string of the molecule is CC1(c2ccc3c(Br)c[nH]c3c2)CCCN1. The second-order valence-electron chi connectivity index (χ2n) is 4.76. The number of H-pyrrole nitrogens is 1. The van der Waals surface area contributed by atoms with Crippen molar-refractivity contribution in [3.8, 4) is 0 Å². The van der Waals surface area contributed by atoms with Crippen LogP contribution in [0.3, 0.4) is 0 Å². The molecule has 3 rings (SSSR count). The third-order valence-corrected chi connectivity index (χ3v) is 4.29. The Balaban J connectivity index is 2.11. The van der Waals surface area contributed by atoms with E-state index in [-0.39, 0.29) is 5.54 Å². The standard InChI is InChI=1S/C13H15BrN2/c1-13(5-2-6-16-13)9-3-4-10-11(14)8-15-12(10)7-9/h3-4,7-8,15-16H,2,5-6H2,1H3. The van der Waals surface area contributed by atoms with Crippen molar-refractivity contribution in [3.05, 3.63) is 34.4 Å². The molecule has 2 heterocycles. The van der Waals surface area contributed by atoms with E-state index < -0.39 is 0 Å². The van der Waals surface area contributed by atoms with E-state index in [4.69, 9.17) is 0 Å². The number of hydrogen-bond donors (Lipinski definition) is 2. The van der Waals surface area contributed by atoms with Gasteiger partial charge in [0, 0.05) is 27.1 Å². The molecule has 1 aliphatic heterocycles. The third-order valence-electron chi connectivity index (χ3n) is 3.64. The molecule has 1 atom stereocenters. The van der Waals surface area contributed by atoms with Crippen LogP contribution < -0.4 is 5.32 Å².